The lowest BCUT2D eigenvalue weighted by molar-refractivity contribution is -0.119. The molecule has 5 heteroatoms. The fraction of sp³-hybridized carbons (Fsp3) is 0.364. The van der Waals surface area contributed by atoms with E-state index in [4.69, 9.17) is 28.9 Å². The summed E-state index contributed by atoms with van der Waals surface area (Å²) < 4.78 is 0. The summed E-state index contributed by atoms with van der Waals surface area (Å²) in [7, 11) is 0. The Balaban J connectivity index is 2.84. The number of nitrogens with one attached hydrogen (secondary N) is 1. The van der Waals surface area contributed by atoms with Gasteiger partial charge in [-0.05, 0) is 25.5 Å². The first-order valence-corrected chi connectivity index (χ1v) is 5.68. The topological polar surface area (TPSA) is 55.1 Å². The molecule has 0 radical (unpaired) electrons. The zero-order valence-electron chi connectivity index (χ0n) is 9.13. The summed E-state index contributed by atoms with van der Waals surface area (Å²) in [6.45, 7) is 3.61. The molecule has 2 unspecified atom stereocenters. The van der Waals surface area contributed by atoms with Crippen molar-refractivity contribution in [3.05, 3.63) is 33.8 Å². The smallest absolute Gasteiger partial charge is 0.234 e. The molecule has 1 rings (SSSR count). The number of carbonyl (C=O) groups excluding carboxylic acids is 1. The minimum Gasteiger partial charge on any atom is -0.368 e. The molecule has 16 heavy (non-hydrogen) atoms. The van der Waals surface area contributed by atoms with Crippen LogP contribution in [0.4, 0.5) is 0 Å². The third kappa shape index (κ3) is 3.11. The number of amides is 1. The zero-order chi connectivity index (χ0) is 12.3. The van der Waals surface area contributed by atoms with Crippen molar-refractivity contribution >= 4 is 29.1 Å². The zero-order valence-corrected chi connectivity index (χ0v) is 10.6. The molecule has 0 bridgehead atoms. The van der Waals surface area contributed by atoms with Gasteiger partial charge in [0.05, 0.1) is 16.1 Å². The second kappa shape index (κ2) is 5.53. The van der Waals surface area contributed by atoms with Gasteiger partial charge in [-0.25, -0.2) is 0 Å². The molecule has 88 valence electrons. The maximum Gasteiger partial charge on any atom is 0.234 e. The third-order valence-electron chi connectivity index (χ3n) is 2.37. The van der Waals surface area contributed by atoms with Crippen LogP contribution in [0, 0.1) is 0 Å². The Morgan fingerprint density at radius 2 is 2.00 bits per heavy atom. The lowest BCUT2D eigenvalue weighted by Gasteiger charge is -2.19. The Kier molecular flexibility index (Phi) is 4.59. The van der Waals surface area contributed by atoms with Gasteiger partial charge in [-0.1, -0.05) is 35.3 Å². The Morgan fingerprint density at radius 1 is 1.38 bits per heavy atom. The van der Waals surface area contributed by atoms with Crippen molar-refractivity contribution in [3.8, 4) is 0 Å². The lowest BCUT2D eigenvalue weighted by Crippen LogP contribution is -2.40. The highest BCUT2D eigenvalue weighted by Crippen LogP contribution is 2.29. The van der Waals surface area contributed by atoms with E-state index in [0.29, 0.717) is 10.0 Å². The summed E-state index contributed by atoms with van der Waals surface area (Å²) in [5.74, 6) is -0.398. The fourth-order valence-electron chi connectivity index (χ4n) is 1.40. The molecule has 1 aromatic carbocycles. The van der Waals surface area contributed by atoms with Gasteiger partial charge >= 0.3 is 0 Å². The van der Waals surface area contributed by atoms with Crippen LogP contribution in [0.1, 0.15) is 25.5 Å². The Labute approximate surface area is 105 Å². The fourth-order valence-corrected chi connectivity index (χ4v) is 1.87. The number of carbonyl (C=O) groups is 1. The van der Waals surface area contributed by atoms with Crippen molar-refractivity contribution in [2.24, 2.45) is 5.73 Å². The van der Waals surface area contributed by atoms with Crippen LogP contribution in [-0.4, -0.2) is 11.9 Å². The molecule has 1 amide bonds. The van der Waals surface area contributed by atoms with Gasteiger partial charge in [-0.2, -0.15) is 0 Å². The van der Waals surface area contributed by atoms with Crippen LogP contribution in [-0.2, 0) is 4.79 Å². The molecule has 0 aliphatic rings. The van der Waals surface area contributed by atoms with Gasteiger partial charge in [-0.15, -0.1) is 0 Å². The van der Waals surface area contributed by atoms with E-state index in [0.717, 1.165) is 5.56 Å². The van der Waals surface area contributed by atoms with E-state index in [9.17, 15) is 4.79 Å². The normalized spacial score (nSPS) is 14.5. The minimum absolute atomic E-state index is 0.0892. The third-order valence-corrected chi connectivity index (χ3v) is 3.21. The van der Waals surface area contributed by atoms with Gasteiger partial charge < -0.3 is 5.73 Å². The van der Waals surface area contributed by atoms with Crippen molar-refractivity contribution in [3.63, 3.8) is 0 Å². The minimum atomic E-state index is -0.412. The largest absolute Gasteiger partial charge is 0.368 e. The Morgan fingerprint density at radius 3 is 2.56 bits per heavy atom. The van der Waals surface area contributed by atoms with Gasteiger partial charge in [0.25, 0.3) is 0 Å². The van der Waals surface area contributed by atoms with Crippen molar-refractivity contribution in [1.82, 2.24) is 5.32 Å². The highest BCUT2D eigenvalue weighted by molar-refractivity contribution is 6.42. The van der Waals surface area contributed by atoms with E-state index >= 15 is 0 Å². The van der Waals surface area contributed by atoms with Gasteiger partial charge in [0, 0.05) is 6.04 Å². The number of rotatable bonds is 4. The molecule has 1 aromatic rings. The molecule has 0 spiro atoms. The summed E-state index contributed by atoms with van der Waals surface area (Å²) in [5.41, 5.74) is 6.02. The molecular weight excluding hydrogens is 247 g/mol. The van der Waals surface area contributed by atoms with Crippen LogP contribution < -0.4 is 11.1 Å². The number of nitrogens with two attached hydrogens (primary N) is 1. The van der Waals surface area contributed by atoms with E-state index in [2.05, 4.69) is 5.32 Å². The Hall–Kier alpha value is -0.770. The van der Waals surface area contributed by atoms with Crippen molar-refractivity contribution in [1.29, 1.82) is 0 Å². The second-order valence-corrected chi connectivity index (χ2v) is 4.44. The van der Waals surface area contributed by atoms with E-state index in [1.807, 2.05) is 19.1 Å². The number of primary amides is 1. The van der Waals surface area contributed by atoms with E-state index in [1.165, 1.54) is 0 Å². The quantitative estimate of drug-likeness (QED) is 0.874. The molecule has 0 aliphatic carbocycles. The average Bonchev–Trinajstić information content (AvgIpc) is 2.21. The van der Waals surface area contributed by atoms with Crippen molar-refractivity contribution in [2.45, 2.75) is 25.9 Å². The lowest BCUT2D eigenvalue weighted by atomic mass is 10.1. The molecule has 0 aromatic heterocycles. The molecule has 0 heterocycles. The maximum absolute atomic E-state index is 10.9. The van der Waals surface area contributed by atoms with Gasteiger partial charge in [0.15, 0.2) is 0 Å². The second-order valence-electron chi connectivity index (χ2n) is 3.66. The summed E-state index contributed by atoms with van der Waals surface area (Å²) in [6.07, 6.45) is 0. The van der Waals surface area contributed by atoms with E-state index in [1.54, 1.807) is 13.0 Å². The van der Waals surface area contributed by atoms with Crippen molar-refractivity contribution in [2.75, 3.05) is 0 Å². The number of hydrogen-bond donors (Lipinski definition) is 2. The molecule has 3 nitrogen and oxygen atoms in total. The first-order valence-electron chi connectivity index (χ1n) is 4.92. The van der Waals surface area contributed by atoms with Crippen LogP contribution in [0.25, 0.3) is 0 Å². The van der Waals surface area contributed by atoms with Gasteiger partial charge in [-0.3, -0.25) is 10.1 Å². The Bertz CT molecular complexity index is 396. The first kappa shape index (κ1) is 13.3. The van der Waals surface area contributed by atoms with Crippen LogP contribution in [0.3, 0.4) is 0 Å². The van der Waals surface area contributed by atoms with Crippen LogP contribution in [0.15, 0.2) is 18.2 Å². The monoisotopic (exact) mass is 260 g/mol. The summed E-state index contributed by atoms with van der Waals surface area (Å²) in [5, 5.41) is 4.05. The molecule has 3 N–H and O–H groups in total. The van der Waals surface area contributed by atoms with Crippen molar-refractivity contribution < 1.29 is 4.79 Å². The predicted molar refractivity (Wildman–Crippen MR) is 66.7 cm³/mol. The molecule has 0 saturated carbocycles. The van der Waals surface area contributed by atoms with Crippen LogP contribution >= 0.6 is 23.2 Å². The molecule has 0 fully saturated rings. The van der Waals surface area contributed by atoms with Gasteiger partial charge in [0.1, 0.15) is 0 Å². The highest BCUT2D eigenvalue weighted by Gasteiger charge is 2.16. The number of halogens is 2. The first-order chi connectivity index (χ1) is 7.43. The maximum atomic E-state index is 10.9. The average molecular weight is 261 g/mol. The van der Waals surface area contributed by atoms with Gasteiger partial charge in [0.2, 0.25) is 5.91 Å². The summed E-state index contributed by atoms with van der Waals surface area (Å²) in [4.78, 5) is 10.9. The van der Waals surface area contributed by atoms with E-state index in [-0.39, 0.29) is 6.04 Å². The summed E-state index contributed by atoms with van der Waals surface area (Å²) >= 11 is 12.0. The van der Waals surface area contributed by atoms with E-state index < -0.39 is 11.9 Å². The highest BCUT2D eigenvalue weighted by atomic mass is 35.5. The standard InChI is InChI=1S/C11H14Cl2N2O/c1-6(15-7(2)11(14)16)8-4-3-5-9(12)10(8)13/h3-7,15H,1-2H3,(H2,14,16). The van der Waals surface area contributed by atoms with Crippen LogP contribution in [0.5, 0.6) is 0 Å². The van der Waals surface area contributed by atoms with Crippen LogP contribution in [0.2, 0.25) is 10.0 Å². The predicted octanol–water partition coefficient (Wildman–Crippen LogP) is 2.52. The number of hydrogen-bond acceptors (Lipinski definition) is 2. The SMILES string of the molecule is CC(NC(C)c1cccc(Cl)c1Cl)C(N)=O. The molecule has 2 atom stereocenters. The molecular formula is C11H14Cl2N2O. The molecule has 0 saturated heterocycles. The number of benzene rings is 1. The molecule has 0 aliphatic heterocycles. The summed E-state index contributed by atoms with van der Waals surface area (Å²) in [6, 6.07) is 4.90.